The van der Waals surface area contributed by atoms with Gasteiger partial charge in [0.15, 0.2) is 0 Å². The standard InChI is InChI=1S/C13H13BrN2O/c1-8-4-2-7-10(11(8)14)12-15-13(17-16-12)9-5-3-6-9/h2,4,7,9H,3,5-6H2,1H3. The molecule has 4 heteroatoms. The number of hydrogen-bond donors (Lipinski definition) is 0. The van der Waals surface area contributed by atoms with E-state index in [4.69, 9.17) is 4.52 Å². The molecule has 0 unspecified atom stereocenters. The van der Waals surface area contributed by atoms with Crippen LogP contribution in [0.2, 0.25) is 0 Å². The maximum Gasteiger partial charge on any atom is 0.230 e. The number of aryl methyl sites for hydroxylation is 1. The van der Waals surface area contributed by atoms with E-state index < -0.39 is 0 Å². The second-order valence-corrected chi connectivity index (χ2v) is 5.31. The third-order valence-electron chi connectivity index (χ3n) is 3.33. The van der Waals surface area contributed by atoms with Gasteiger partial charge < -0.3 is 4.52 Å². The molecule has 0 amide bonds. The zero-order valence-corrected chi connectivity index (χ0v) is 11.2. The van der Waals surface area contributed by atoms with Crippen LogP contribution in [0.3, 0.4) is 0 Å². The molecule has 1 aliphatic carbocycles. The van der Waals surface area contributed by atoms with Crippen molar-refractivity contribution < 1.29 is 4.52 Å². The van der Waals surface area contributed by atoms with Crippen LogP contribution < -0.4 is 0 Å². The predicted octanol–water partition coefficient (Wildman–Crippen LogP) is 4.08. The zero-order valence-electron chi connectivity index (χ0n) is 9.61. The average molecular weight is 293 g/mol. The van der Waals surface area contributed by atoms with Crippen LogP contribution in [0, 0.1) is 6.92 Å². The molecule has 1 aromatic carbocycles. The van der Waals surface area contributed by atoms with Gasteiger partial charge in [0.05, 0.1) is 0 Å². The smallest absolute Gasteiger partial charge is 0.230 e. The van der Waals surface area contributed by atoms with Crippen molar-refractivity contribution in [2.45, 2.75) is 32.1 Å². The monoisotopic (exact) mass is 292 g/mol. The highest BCUT2D eigenvalue weighted by Crippen LogP contribution is 2.37. The minimum atomic E-state index is 0.486. The molecule has 0 radical (unpaired) electrons. The van der Waals surface area contributed by atoms with Crippen molar-refractivity contribution in [2.24, 2.45) is 0 Å². The van der Waals surface area contributed by atoms with Gasteiger partial charge in [-0.1, -0.05) is 23.7 Å². The lowest BCUT2D eigenvalue weighted by Crippen LogP contribution is -2.08. The first-order valence-electron chi connectivity index (χ1n) is 5.85. The van der Waals surface area contributed by atoms with Crippen LogP contribution >= 0.6 is 15.9 Å². The number of benzene rings is 1. The highest BCUT2D eigenvalue weighted by molar-refractivity contribution is 9.10. The Morgan fingerprint density at radius 2 is 2.18 bits per heavy atom. The number of halogens is 1. The number of aromatic nitrogens is 2. The Hall–Kier alpha value is -1.16. The maximum absolute atomic E-state index is 5.34. The molecule has 0 bridgehead atoms. The van der Waals surface area contributed by atoms with Gasteiger partial charge in [0.2, 0.25) is 11.7 Å². The molecule has 0 N–H and O–H groups in total. The SMILES string of the molecule is Cc1cccc(-c2noc(C3CCC3)n2)c1Br. The Kier molecular flexibility index (Phi) is 2.74. The van der Waals surface area contributed by atoms with Crippen molar-refractivity contribution in [1.82, 2.24) is 10.1 Å². The molecule has 2 aromatic rings. The molecule has 3 nitrogen and oxygen atoms in total. The van der Waals surface area contributed by atoms with Crippen LogP contribution in [0.5, 0.6) is 0 Å². The molecular formula is C13H13BrN2O. The quantitative estimate of drug-likeness (QED) is 0.837. The van der Waals surface area contributed by atoms with Crippen molar-refractivity contribution in [1.29, 1.82) is 0 Å². The average Bonchev–Trinajstić information content (AvgIpc) is 2.68. The van der Waals surface area contributed by atoms with Crippen LogP contribution in [0.1, 0.15) is 36.6 Å². The summed E-state index contributed by atoms with van der Waals surface area (Å²) in [6.45, 7) is 2.06. The Morgan fingerprint density at radius 1 is 1.35 bits per heavy atom. The third-order valence-corrected chi connectivity index (χ3v) is 4.38. The molecule has 1 fully saturated rings. The fraction of sp³-hybridized carbons (Fsp3) is 0.385. The van der Waals surface area contributed by atoms with E-state index in [9.17, 15) is 0 Å². The lowest BCUT2D eigenvalue weighted by Gasteiger charge is -2.20. The molecule has 0 spiro atoms. The molecule has 3 rings (SSSR count). The van der Waals surface area contributed by atoms with Crippen LogP contribution in [0.25, 0.3) is 11.4 Å². The van der Waals surface area contributed by atoms with Crippen LogP contribution in [-0.4, -0.2) is 10.1 Å². The summed E-state index contributed by atoms with van der Waals surface area (Å²) >= 11 is 3.57. The van der Waals surface area contributed by atoms with Crippen molar-refractivity contribution in [3.05, 3.63) is 34.1 Å². The molecule has 0 saturated heterocycles. The highest BCUT2D eigenvalue weighted by Gasteiger charge is 2.25. The van der Waals surface area contributed by atoms with E-state index in [0.717, 1.165) is 15.9 Å². The molecule has 88 valence electrons. The van der Waals surface area contributed by atoms with E-state index in [1.807, 2.05) is 12.1 Å². The number of hydrogen-bond acceptors (Lipinski definition) is 3. The van der Waals surface area contributed by atoms with E-state index in [0.29, 0.717) is 11.7 Å². The molecule has 1 aliphatic rings. The predicted molar refractivity (Wildman–Crippen MR) is 68.8 cm³/mol. The van der Waals surface area contributed by atoms with Crippen LogP contribution in [0.4, 0.5) is 0 Å². The lowest BCUT2D eigenvalue weighted by molar-refractivity contribution is 0.292. The van der Waals surface area contributed by atoms with Gasteiger partial charge in [-0.25, -0.2) is 0 Å². The van der Waals surface area contributed by atoms with Crippen LogP contribution in [-0.2, 0) is 0 Å². The molecule has 0 atom stereocenters. The van der Waals surface area contributed by atoms with Gasteiger partial charge in [-0.3, -0.25) is 0 Å². The summed E-state index contributed by atoms with van der Waals surface area (Å²) in [4.78, 5) is 4.50. The van der Waals surface area contributed by atoms with E-state index in [1.165, 1.54) is 24.8 Å². The summed E-state index contributed by atoms with van der Waals surface area (Å²) in [5.74, 6) is 1.96. The molecule has 1 aromatic heterocycles. The molecule has 0 aliphatic heterocycles. The zero-order chi connectivity index (χ0) is 11.8. The van der Waals surface area contributed by atoms with Crippen molar-refractivity contribution >= 4 is 15.9 Å². The normalized spacial score (nSPS) is 15.9. The van der Waals surface area contributed by atoms with E-state index in [2.05, 4.69) is 39.1 Å². The summed E-state index contributed by atoms with van der Waals surface area (Å²) < 4.78 is 6.38. The second-order valence-electron chi connectivity index (χ2n) is 4.52. The van der Waals surface area contributed by atoms with Gasteiger partial charge in [-0.05, 0) is 47.3 Å². The Morgan fingerprint density at radius 3 is 2.88 bits per heavy atom. The molecule has 1 saturated carbocycles. The van der Waals surface area contributed by atoms with Crippen molar-refractivity contribution in [3.8, 4) is 11.4 Å². The van der Waals surface area contributed by atoms with Crippen molar-refractivity contribution in [3.63, 3.8) is 0 Å². The van der Waals surface area contributed by atoms with Gasteiger partial charge >= 0.3 is 0 Å². The van der Waals surface area contributed by atoms with Gasteiger partial charge in [0.1, 0.15) is 0 Å². The summed E-state index contributed by atoms with van der Waals surface area (Å²) in [5.41, 5.74) is 2.18. The molecule has 1 heterocycles. The second kappa shape index (κ2) is 4.26. The fourth-order valence-electron chi connectivity index (χ4n) is 1.99. The topological polar surface area (TPSA) is 38.9 Å². The minimum absolute atomic E-state index is 0.486. The Balaban J connectivity index is 1.97. The molecule has 17 heavy (non-hydrogen) atoms. The van der Waals surface area contributed by atoms with E-state index >= 15 is 0 Å². The van der Waals surface area contributed by atoms with Gasteiger partial charge in [-0.15, -0.1) is 0 Å². The summed E-state index contributed by atoms with van der Waals surface area (Å²) in [7, 11) is 0. The molecular weight excluding hydrogens is 280 g/mol. The summed E-state index contributed by atoms with van der Waals surface area (Å²) in [6, 6.07) is 6.07. The first-order valence-corrected chi connectivity index (χ1v) is 6.64. The summed E-state index contributed by atoms with van der Waals surface area (Å²) in [5, 5.41) is 4.08. The van der Waals surface area contributed by atoms with Crippen LogP contribution in [0.15, 0.2) is 27.2 Å². The number of nitrogens with zero attached hydrogens (tertiary/aromatic N) is 2. The first kappa shape index (κ1) is 11.0. The minimum Gasteiger partial charge on any atom is -0.339 e. The van der Waals surface area contributed by atoms with E-state index in [-0.39, 0.29) is 0 Å². The highest BCUT2D eigenvalue weighted by atomic mass is 79.9. The largest absolute Gasteiger partial charge is 0.339 e. The Labute approximate surface area is 108 Å². The number of rotatable bonds is 2. The first-order chi connectivity index (χ1) is 8.25. The van der Waals surface area contributed by atoms with Gasteiger partial charge in [-0.2, -0.15) is 4.98 Å². The lowest BCUT2D eigenvalue weighted by atomic mass is 9.85. The maximum atomic E-state index is 5.34. The Bertz CT molecular complexity index is 546. The van der Waals surface area contributed by atoms with Gasteiger partial charge in [0.25, 0.3) is 0 Å². The third kappa shape index (κ3) is 1.90. The fourth-order valence-corrected chi connectivity index (χ4v) is 2.43. The van der Waals surface area contributed by atoms with Gasteiger partial charge in [0, 0.05) is 16.0 Å². The van der Waals surface area contributed by atoms with Crippen molar-refractivity contribution in [2.75, 3.05) is 0 Å². The van der Waals surface area contributed by atoms with E-state index in [1.54, 1.807) is 0 Å². The summed E-state index contributed by atoms with van der Waals surface area (Å²) in [6.07, 6.45) is 3.63.